The second-order valence-corrected chi connectivity index (χ2v) is 6.55. The van der Waals surface area contributed by atoms with Gasteiger partial charge in [-0.25, -0.2) is 0 Å². The molecule has 1 spiro atoms. The highest BCUT2D eigenvalue weighted by Crippen LogP contribution is 2.57. The van der Waals surface area contributed by atoms with Crippen molar-refractivity contribution in [1.29, 1.82) is 0 Å². The van der Waals surface area contributed by atoms with Crippen LogP contribution >= 0.6 is 24.0 Å². The standard InChI is InChI=1S/C16H29N3O2.HI/c1-3-20-14-10-13(16(14)7-5-8-16)19-15(17-2)18-11-12-6-4-9-21-12;/h12-14H,3-11H2,1-2H3,(H2,17,18,19);1H. The third kappa shape index (κ3) is 3.53. The molecule has 22 heavy (non-hydrogen) atoms. The summed E-state index contributed by atoms with van der Waals surface area (Å²) in [6.45, 7) is 4.68. The van der Waals surface area contributed by atoms with E-state index in [0.717, 1.165) is 38.6 Å². The van der Waals surface area contributed by atoms with E-state index in [1.807, 2.05) is 7.05 Å². The van der Waals surface area contributed by atoms with Crippen molar-refractivity contribution in [3.8, 4) is 0 Å². The van der Waals surface area contributed by atoms with Crippen LogP contribution < -0.4 is 10.6 Å². The van der Waals surface area contributed by atoms with Crippen molar-refractivity contribution in [2.45, 2.75) is 63.7 Å². The molecular formula is C16H30IN3O2. The van der Waals surface area contributed by atoms with Gasteiger partial charge in [0.25, 0.3) is 0 Å². The lowest BCUT2D eigenvalue weighted by Gasteiger charge is -2.61. The number of hydrogen-bond acceptors (Lipinski definition) is 3. The SMILES string of the molecule is CCOC1CC(NC(=NC)NCC2CCCO2)C12CCC2.I. The Bertz CT molecular complexity index is 382. The van der Waals surface area contributed by atoms with E-state index in [2.05, 4.69) is 22.5 Å². The van der Waals surface area contributed by atoms with Crippen molar-refractivity contribution >= 4 is 29.9 Å². The first-order valence-electron chi connectivity index (χ1n) is 8.49. The fourth-order valence-electron chi connectivity index (χ4n) is 4.02. The molecule has 1 aliphatic heterocycles. The van der Waals surface area contributed by atoms with Gasteiger partial charge in [-0.3, -0.25) is 4.99 Å². The molecular weight excluding hydrogens is 393 g/mol. The molecule has 3 fully saturated rings. The molecule has 2 aliphatic carbocycles. The summed E-state index contributed by atoms with van der Waals surface area (Å²) in [6, 6.07) is 0.512. The van der Waals surface area contributed by atoms with Gasteiger partial charge < -0.3 is 20.1 Å². The summed E-state index contributed by atoms with van der Waals surface area (Å²) in [4.78, 5) is 4.36. The van der Waals surface area contributed by atoms with E-state index in [1.54, 1.807) is 0 Å². The zero-order valence-electron chi connectivity index (χ0n) is 13.8. The van der Waals surface area contributed by atoms with E-state index < -0.39 is 0 Å². The van der Waals surface area contributed by atoms with Crippen molar-refractivity contribution in [2.75, 3.05) is 26.8 Å². The Morgan fingerprint density at radius 3 is 2.73 bits per heavy atom. The van der Waals surface area contributed by atoms with E-state index in [1.165, 1.54) is 25.7 Å². The molecule has 1 saturated heterocycles. The minimum atomic E-state index is 0. The van der Waals surface area contributed by atoms with Crippen molar-refractivity contribution < 1.29 is 9.47 Å². The van der Waals surface area contributed by atoms with Crippen LogP contribution in [0, 0.1) is 5.41 Å². The Morgan fingerprint density at radius 1 is 1.36 bits per heavy atom. The maximum atomic E-state index is 5.90. The largest absolute Gasteiger partial charge is 0.378 e. The highest BCUT2D eigenvalue weighted by molar-refractivity contribution is 14.0. The summed E-state index contributed by atoms with van der Waals surface area (Å²) in [5.74, 6) is 0.914. The number of hydrogen-bond donors (Lipinski definition) is 2. The minimum Gasteiger partial charge on any atom is -0.378 e. The van der Waals surface area contributed by atoms with Gasteiger partial charge in [-0.05, 0) is 39.0 Å². The van der Waals surface area contributed by atoms with Crippen LogP contribution in [0.1, 0.15) is 45.4 Å². The average molecular weight is 423 g/mol. The highest BCUT2D eigenvalue weighted by atomic mass is 127. The van der Waals surface area contributed by atoms with E-state index >= 15 is 0 Å². The van der Waals surface area contributed by atoms with Crippen molar-refractivity contribution in [1.82, 2.24) is 10.6 Å². The van der Waals surface area contributed by atoms with E-state index in [4.69, 9.17) is 9.47 Å². The molecule has 5 nitrogen and oxygen atoms in total. The second-order valence-electron chi connectivity index (χ2n) is 6.55. The number of nitrogens with zero attached hydrogens (tertiary/aromatic N) is 1. The van der Waals surface area contributed by atoms with Gasteiger partial charge in [-0.1, -0.05) is 6.42 Å². The van der Waals surface area contributed by atoms with Gasteiger partial charge in [-0.2, -0.15) is 0 Å². The Morgan fingerprint density at radius 2 is 2.18 bits per heavy atom. The monoisotopic (exact) mass is 423 g/mol. The summed E-state index contributed by atoms with van der Waals surface area (Å²) in [5, 5.41) is 7.03. The molecule has 3 atom stereocenters. The predicted molar refractivity (Wildman–Crippen MR) is 99.0 cm³/mol. The van der Waals surface area contributed by atoms with E-state index in [0.29, 0.717) is 23.7 Å². The molecule has 3 aliphatic rings. The fraction of sp³-hybridized carbons (Fsp3) is 0.938. The lowest BCUT2D eigenvalue weighted by Crippen LogP contribution is -2.68. The molecule has 2 saturated carbocycles. The quantitative estimate of drug-likeness (QED) is 0.405. The molecule has 128 valence electrons. The molecule has 0 aromatic heterocycles. The fourth-order valence-corrected chi connectivity index (χ4v) is 4.02. The van der Waals surface area contributed by atoms with Gasteiger partial charge in [0.15, 0.2) is 5.96 Å². The highest BCUT2D eigenvalue weighted by Gasteiger charge is 2.59. The van der Waals surface area contributed by atoms with Gasteiger partial charge >= 0.3 is 0 Å². The number of ether oxygens (including phenoxy) is 2. The first-order valence-corrected chi connectivity index (χ1v) is 8.49. The second kappa shape index (κ2) is 8.15. The molecule has 0 aromatic rings. The van der Waals surface area contributed by atoms with Crippen molar-refractivity contribution in [3.63, 3.8) is 0 Å². The Kier molecular flexibility index (Phi) is 6.76. The zero-order valence-corrected chi connectivity index (χ0v) is 16.1. The molecule has 1 heterocycles. The molecule has 2 N–H and O–H groups in total. The molecule has 0 radical (unpaired) electrons. The average Bonchev–Trinajstić information content (AvgIpc) is 2.92. The van der Waals surface area contributed by atoms with Crippen LogP contribution in [0.15, 0.2) is 4.99 Å². The summed E-state index contributed by atoms with van der Waals surface area (Å²) in [6.07, 6.45) is 8.15. The van der Waals surface area contributed by atoms with Gasteiger partial charge in [-0.15, -0.1) is 24.0 Å². The number of nitrogens with one attached hydrogen (secondary N) is 2. The smallest absolute Gasteiger partial charge is 0.191 e. The Hall–Kier alpha value is -0.0800. The number of halogens is 1. The summed E-state index contributed by atoms with van der Waals surface area (Å²) in [5.41, 5.74) is 0.373. The Balaban J connectivity index is 0.00000176. The number of aliphatic imine (C=N–C) groups is 1. The lowest BCUT2D eigenvalue weighted by molar-refractivity contribution is -0.168. The maximum absolute atomic E-state index is 5.90. The van der Waals surface area contributed by atoms with Crippen LogP contribution in [0.3, 0.4) is 0 Å². The van der Waals surface area contributed by atoms with Crippen molar-refractivity contribution in [3.05, 3.63) is 0 Å². The van der Waals surface area contributed by atoms with Crippen molar-refractivity contribution in [2.24, 2.45) is 10.4 Å². The third-order valence-electron chi connectivity index (χ3n) is 5.49. The van der Waals surface area contributed by atoms with Crippen LogP contribution in [0.25, 0.3) is 0 Å². The molecule has 3 rings (SSSR count). The summed E-state index contributed by atoms with van der Waals surface area (Å²) < 4.78 is 11.6. The topological polar surface area (TPSA) is 54.9 Å². The summed E-state index contributed by atoms with van der Waals surface area (Å²) in [7, 11) is 1.84. The van der Waals surface area contributed by atoms with E-state index in [9.17, 15) is 0 Å². The molecule has 0 amide bonds. The van der Waals surface area contributed by atoms with Gasteiger partial charge in [0.1, 0.15) is 0 Å². The normalized spacial score (nSPS) is 32.8. The first-order chi connectivity index (χ1) is 10.3. The van der Waals surface area contributed by atoms with Gasteiger partial charge in [0.05, 0.1) is 12.2 Å². The lowest BCUT2D eigenvalue weighted by atomic mass is 9.51. The number of guanidine groups is 1. The zero-order chi connectivity index (χ0) is 14.7. The van der Waals surface area contributed by atoms with Gasteiger partial charge in [0.2, 0.25) is 0 Å². The van der Waals surface area contributed by atoms with E-state index in [-0.39, 0.29) is 24.0 Å². The van der Waals surface area contributed by atoms with Crippen LogP contribution in [0.4, 0.5) is 0 Å². The van der Waals surface area contributed by atoms with Gasteiger partial charge in [0, 0.05) is 38.3 Å². The minimum absolute atomic E-state index is 0. The van der Waals surface area contributed by atoms with Crippen LogP contribution in [-0.2, 0) is 9.47 Å². The molecule has 3 unspecified atom stereocenters. The molecule has 0 bridgehead atoms. The first kappa shape index (κ1) is 18.3. The van der Waals surface area contributed by atoms with Crippen LogP contribution in [-0.4, -0.2) is 51.0 Å². The maximum Gasteiger partial charge on any atom is 0.191 e. The molecule has 6 heteroatoms. The van der Waals surface area contributed by atoms with Crippen LogP contribution in [0.2, 0.25) is 0 Å². The van der Waals surface area contributed by atoms with Crippen LogP contribution in [0.5, 0.6) is 0 Å². The Labute approximate surface area is 151 Å². The predicted octanol–water partition coefficient (Wildman–Crippen LogP) is 2.30. The summed E-state index contributed by atoms with van der Waals surface area (Å²) >= 11 is 0. The molecule has 0 aromatic carbocycles. The third-order valence-corrected chi connectivity index (χ3v) is 5.49. The number of rotatable bonds is 5.